The molecule has 2 aromatic heterocycles. The Morgan fingerprint density at radius 1 is 1.09 bits per heavy atom. The van der Waals surface area contributed by atoms with Crippen LogP contribution >= 0.6 is 0 Å². The van der Waals surface area contributed by atoms with Crippen molar-refractivity contribution in [2.45, 2.75) is 26.4 Å². The van der Waals surface area contributed by atoms with Crippen molar-refractivity contribution in [3.8, 4) is 5.75 Å². The maximum atomic E-state index is 13.4. The number of nitrogens with zero attached hydrogens (tertiary/aromatic N) is 5. The van der Waals surface area contributed by atoms with Crippen LogP contribution in [-0.2, 0) is 11.3 Å². The zero-order valence-electron chi connectivity index (χ0n) is 19.6. The molecule has 176 valence electrons. The Morgan fingerprint density at radius 3 is 2.56 bits per heavy atom. The molecule has 0 amide bonds. The van der Waals surface area contributed by atoms with Crippen molar-refractivity contribution >= 4 is 10.9 Å². The van der Waals surface area contributed by atoms with E-state index in [1.807, 2.05) is 43.3 Å². The lowest BCUT2D eigenvalue weighted by molar-refractivity contribution is 0.0214. The van der Waals surface area contributed by atoms with E-state index in [1.165, 1.54) is 0 Å². The first-order valence-corrected chi connectivity index (χ1v) is 11.4. The minimum Gasteiger partial charge on any atom is -0.497 e. The minimum absolute atomic E-state index is 0.128. The second-order valence-electron chi connectivity index (χ2n) is 8.64. The Morgan fingerprint density at radius 2 is 1.82 bits per heavy atom. The summed E-state index contributed by atoms with van der Waals surface area (Å²) in [5, 5.41) is 13.7. The monoisotopic (exact) mass is 460 g/mol. The summed E-state index contributed by atoms with van der Waals surface area (Å²) >= 11 is 0. The predicted octanol–water partition coefficient (Wildman–Crippen LogP) is 2.61. The molecule has 0 bridgehead atoms. The van der Waals surface area contributed by atoms with Crippen LogP contribution in [0, 0.1) is 13.8 Å². The number of fused-ring (bicyclic) bond motifs is 1. The van der Waals surface area contributed by atoms with Gasteiger partial charge in [0.1, 0.15) is 11.8 Å². The molecule has 1 aliphatic heterocycles. The van der Waals surface area contributed by atoms with E-state index in [4.69, 9.17) is 9.47 Å². The lowest BCUT2D eigenvalue weighted by atomic mass is 9.99. The molecule has 0 radical (unpaired) electrons. The fraction of sp³-hybridized carbons (Fsp3) is 0.360. The van der Waals surface area contributed by atoms with E-state index in [9.17, 15) is 4.79 Å². The molecular weight excluding hydrogens is 432 g/mol. The minimum atomic E-state index is -0.398. The number of ether oxygens (including phenoxy) is 2. The number of benzene rings is 2. The van der Waals surface area contributed by atoms with E-state index >= 15 is 0 Å². The topological polar surface area (TPSA) is 98.2 Å². The lowest BCUT2D eigenvalue weighted by Crippen LogP contribution is -2.42. The number of aromatic amines is 1. The number of tetrazole rings is 1. The van der Waals surface area contributed by atoms with Crippen LogP contribution in [-0.4, -0.2) is 63.5 Å². The fourth-order valence-electron chi connectivity index (χ4n) is 4.55. The van der Waals surface area contributed by atoms with Crippen LogP contribution < -0.4 is 10.3 Å². The largest absolute Gasteiger partial charge is 0.497 e. The van der Waals surface area contributed by atoms with Gasteiger partial charge in [0.05, 0.1) is 32.4 Å². The van der Waals surface area contributed by atoms with Crippen molar-refractivity contribution in [2.24, 2.45) is 0 Å². The number of rotatable bonds is 6. The molecule has 4 aromatic rings. The van der Waals surface area contributed by atoms with E-state index in [1.54, 1.807) is 11.8 Å². The van der Waals surface area contributed by atoms with Crippen LogP contribution in [0.25, 0.3) is 10.9 Å². The van der Waals surface area contributed by atoms with E-state index in [-0.39, 0.29) is 5.56 Å². The first-order valence-electron chi connectivity index (χ1n) is 11.4. The molecule has 9 heteroatoms. The molecule has 1 saturated heterocycles. The Kier molecular flexibility index (Phi) is 6.12. The van der Waals surface area contributed by atoms with Gasteiger partial charge < -0.3 is 14.5 Å². The Hall–Kier alpha value is -3.56. The quantitative estimate of drug-likeness (QED) is 0.472. The molecule has 34 heavy (non-hydrogen) atoms. The maximum Gasteiger partial charge on any atom is 0.253 e. The summed E-state index contributed by atoms with van der Waals surface area (Å²) in [6.07, 6.45) is 0. The zero-order valence-corrected chi connectivity index (χ0v) is 19.6. The van der Waals surface area contributed by atoms with Crippen molar-refractivity contribution < 1.29 is 9.47 Å². The number of aryl methyl sites for hydroxylation is 2. The van der Waals surface area contributed by atoms with Crippen molar-refractivity contribution in [1.82, 2.24) is 30.1 Å². The molecular formula is C25H28N6O3. The molecule has 5 rings (SSSR count). The van der Waals surface area contributed by atoms with Gasteiger partial charge >= 0.3 is 0 Å². The van der Waals surface area contributed by atoms with Gasteiger partial charge in [-0.1, -0.05) is 24.3 Å². The number of methoxy groups -OCH3 is 1. The predicted molar refractivity (Wildman–Crippen MR) is 128 cm³/mol. The normalized spacial score (nSPS) is 15.5. The van der Waals surface area contributed by atoms with E-state index in [0.29, 0.717) is 44.2 Å². The lowest BCUT2D eigenvalue weighted by Gasteiger charge is -2.33. The molecule has 1 aliphatic rings. The highest BCUT2D eigenvalue weighted by Gasteiger charge is 2.31. The van der Waals surface area contributed by atoms with Crippen molar-refractivity contribution in [3.05, 3.63) is 80.9 Å². The van der Waals surface area contributed by atoms with Gasteiger partial charge in [-0.15, -0.1) is 5.10 Å². The zero-order chi connectivity index (χ0) is 23.7. The Balaban J connectivity index is 1.61. The second kappa shape index (κ2) is 9.36. The number of nitrogens with one attached hydrogen (secondary N) is 1. The fourth-order valence-corrected chi connectivity index (χ4v) is 4.55. The third kappa shape index (κ3) is 4.20. The average molecular weight is 461 g/mol. The molecule has 0 unspecified atom stereocenters. The van der Waals surface area contributed by atoms with Gasteiger partial charge in [-0.2, -0.15) is 0 Å². The van der Waals surface area contributed by atoms with Crippen LogP contribution in [0.3, 0.4) is 0 Å². The highest BCUT2D eigenvalue weighted by Crippen LogP contribution is 2.29. The van der Waals surface area contributed by atoms with Gasteiger partial charge in [0, 0.05) is 24.0 Å². The van der Waals surface area contributed by atoms with Gasteiger partial charge in [-0.25, -0.2) is 4.68 Å². The summed E-state index contributed by atoms with van der Waals surface area (Å²) in [7, 11) is 1.64. The molecule has 1 atom stereocenters. The third-order valence-electron chi connectivity index (χ3n) is 6.47. The van der Waals surface area contributed by atoms with Crippen LogP contribution in [0.15, 0.2) is 47.3 Å². The van der Waals surface area contributed by atoms with Crippen molar-refractivity contribution in [2.75, 3.05) is 33.4 Å². The first-order chi connectivity index (χ1) is 16.5. The summed E-state index contributed by atoms with van der Waals surface area (Å²) in [5.41, 5.74) is 4.56. The summed E-state index contributed by atoms with van der Waals surface area (Å²) < 4.78 is 12.6. The first kappa shape index (κ1) is 22.2. The van der Waals surface area contributed by atoms with Crippen LogP contribution in [0.4, 0.5) is 0 Å². The van der Waals surface area contributed by atoms with Crippen molar-refractivity contribution in [3.63, 3.8) is 0 Å². The number of H-pyrrole nitrogens is 1. The molecule has 2 aromatic carbocycles. The van der Waals surface area contributed by atoms with Gasteiger partial charge in [-0.3, -0.25) is 9.69 Å². The molecule has 0 aliphatic carbocycles. The summed E-state index contributed by atoms with van der Waals surface area (Å²) in [5.74, 6) is 1.42. The van der Waals surface area contributed by atoms with Crippen molar-refractivity contribution in [1.29, 1.82) is 0 Å². The highest BCUT2D eigenvalue weighted by molar-refractivity contribution is 5.85. The average Bonchev–Trinajstić information content (AvgIpc) is 3.31. The van der Waals surface area contributed by atoms with Gasteiger partial charge in [-0.05, 0) is 59.2 Å². The molecule has 0 spiro atoms. The van der Waals surface area contributed by atoms with E-state index < -0.39 is 6.04 Å². The van der Waals surface area contributed by atoms with Gasteiger partial charge in [0.25, 0.3) is 5.56 Å². The molecule has 3 heterocycles. The van der Waals surface area contributed by atoms with Gasteiger partial charge in [0.15, 0.2) is 5.82 Å². The number of hydrogen-bond donors (Lipinski definition) is 1. The molecule has 9 nitrogen and oxygen atoms in total. The number of aromatic nitrogens is 5. The molecule has 0 saturated carbocycles. The number of morpholine rings is 1. The molecule has 1 fully saturated rings. The van der Waals surface area contributed by atoms with Gasteiger partial charge in [0.2, 0.25) is 0 Å². The summed E-state index contributed by atoms with van der Waals surface area (Å²) in [6, 6.07) is 13.5. The Bertz CT molecular complexity index is 1360. The SMILES string of the molecule is COc1ccc(Cn2nnnc2[C@@H](c2cc3c(C)ccc(C)c3[nH]c2=O)N2CCOCC2)cc1. The second-order valence-corrected chi connectivity index (χ2v) is 8.64. The molecule has 1 N–H and O–H groups in total. The van der Waals surface area contributed by atoms with E-state index in [0.717, 1.165) is 33.3 Å². The smallest absolute Gasteiger partial charge is 0.253 e. The summed E-state index contributed by atoms with van der Waals surface area (Å²) in [4.78, 5) is 18.8. The van der Waals surface area contributed by atoms with Crippen LogP contribution in [0.5, 0.6) is 5.75 Å². The number of hydrogen-bond acceptors (Lipinski definition) is 7. The number of pyridine rings is 1. The van der Waals surface area contributed by atoms with E-state index in [2.05, 4.69) is 38.4 Å². The van der Waals surface area contributed by atoms with Crippen LogP contribution in [0.2, 0.25) is 0 Å². The highest BCUT2D eigenvalue weighted by atomic mass is 16.5. The maximum absolute atomic E-state index is 13.4. The standard InChI is InChI=1S/C25H28N6O3/c1-16-4-5-17(2)22-20(16)14-21(25(32)26-22)23(30-10-12-34-13-11-30)24-27-28-29-31(24)15-18-6-8-19(33-3)9-7-18/h4-9,14,23H,10-13,15H2,1-3H3,(H,26,32)/t23-/m1/s1. The third-order valence-corrected chi connectivity index (χ3v) is 6.47. The van der Waals surface area contributed by atoms with Crippen LogP contribution in [0.1, 0.15) is 34.1 Å². The Labute approximate surface area is 197 Å². The summed E-state index contributed by atoms with van der Waals surface area (Å²) in [6.45, 7) is 7.11.